The number of carbonyl (C=O) groups is 3. The van der Waals surface area contributed by atoms with Gasteiger partial charge in [0.15, 0.2) is 5.92 Å². The molecule has 0 bridgehead atoms. The van der Waals surface area contributed by atoms with Crippen molar-refractivity contribution in [1.29, 1.82) is 0 Å². The summed E-state index contributed by atoms with van der Waals surface area (Å²) in [5, 5.41) is -0.624. The number of carbonyl (C=O) groups excluding carboxylic acids is 3. The van der Waals surface area contributed by atoms with E-state index in [4.69, 9.17) is 16.3 Å². The van der Waals surface area contributed by atoms with Gasteiger partial charge in [0.1, 0.15) is 0 Å². The molecule has 0 aliphatic carbocycles. The van der Waals surface area contributed by atoms with Gasteiger partial charge in [-0.3, -0.25) is 19.4 Å². The molecule has 1 saturated heterocycles. The first-order valence-electron chi connectivity index (χ1n) is 11.5. The van der Waals surface area contributed by atoms with Crippen LogP contribution in [-0.2, 0) is 27.0 Å². The second-order valence-electron chi connectivity index (χ2n) is 8.82. The fourth-order valence-electron chi connectivity index (χ4n) is 4.24. The Labute approximate surface area is 215 Å². The number of nitrogens with zero attached hydrogens (tertiary/aromatic N) is 4. The molecule has 2 aromatic carbocycles. The van der Waals surface area contributed by atoms with Gasteiger partial charge in [-0.2, -0.15) is 13.2 Å². The van der Waals surface area contributed by atoms with Crippen molar-refractivity contribution in [3.05, 3.63) is 58.9 Å². The lowest BCUT2D eigenvalue weighted by molar-refractivity contribution is -0.154. The summed E-state index contributed by atoms with van der Waals surface area (Å²) >= 11 is 6.02. The van der Waals surface area contributed by atoms with Crippen LogP contribution in [0.3, 0.4) is 0 Å². The van der Waals surface area contributed by atoms with Gasteiger partial charge >= 0.3 is 18.2 Å². The highest BCUT2D eigenvalue weighted by Gasteiger charge is 2.45. The largest absolute Gasteiger partial charge is 0.465 e. The van der Waals surface area contributed by atoms with Crippen molar-refractivity contribution in [3.63, 3.8) is 0 Å². The van der Waals surface area contributed by atoms with Crippen LogP contribution in [0, 0.1) is 5.92 Å². The van der Waals surface area contributed by atoms with Gasteiger partial charge in [-0.25, -0.2) is 9.78 Å². The van der Waals surface area contributed by atoms with Crippen LogP contribution in [0.1, 0.15) is 37.9 Å². The summed E-state index contributed by atoms with van der Waals surface area (Å²) < 4.78 is 47.1. The van der Waals surface area contributed by atoms with E-state index < -0.39 is 47.1 Å². The molecular weight excluding hydrogens is 513 g/mol. The van der Waals surface area contributed by atoms with E-state index in [1.165, 1.54) is 11.0 Å². The van der Waals surface area contributed by atoms with Crippen molar-refractivity contribution in [3.8, 4) is 0 Å². The molecule has 0 radical (unpaired) electrons. The number of aromatic nitrogens is 2. The Morgan fingerprint density at radius 2 is 1.95 bits per heavy atom. The monoisotopic (exact) mass is 536 g/mol. The van der Waals surface area contributed by atoms with E-state index in [2.05, 4.69) is 4.98 Å². The number of halogens is 4. The molecule has 1 atom stereocenters. The molecule has 1 aliphatic heterocycles. The minimum Gasteiger partial charge on any atom is -0.465 e. The summed E-state index contributed by atoms with van der Waals surface area (Å²) in [5.74, 6) is -3.08. The van der Waals surface area contributed by atoms with Crippen LogP contribution < -0.4 is 4.90 Å². The van der Waals surface area contributed by atoms with E-state index in [1.807, 2.05) is 18.4 Å². The highest BCUT2D eigenvalue weighted by Crippen LogP contribution is 2.37. The van der Waals surface area contributed by atoms with E-state index in [0.29, 0.717) is 11.2 Å². The summed E-state index contributed by atoms with van der Waals surface area (Å²) in [5.41, 5.74) is 0.612. The predicted octanol–water partition coefficient (Wildman–Crippen LogP) is 5.44. The van der Waals surface area contributed by atoms with Crippen molar-refractivity contribution in [2.75, 3.05) is 18.1 Å². The molecule has 1 fully saturated rings. The predicted molar refractivity (Wildman–Crippen MR) is 130 cm³/mol. The zero-order chi connectivity index (χ0) is 27.1. The molecule has 2 heterocycles. The van der Waals surface area contributed by atoms with E-state index in [-0.39, 0.29) is 24.8 Å². The van der Waals surface area contributed by atoms with Crippen LogP contribution in [0.15, 0.2) is 42.7 Å². The Hall–Kier alpha value is -3.60. The van der Waals surface area contributed by atoms with Gasteiger partial charge < -0.3 is 9.30 Å². The average molecular weight is 537 g/mol. The van der Waals surface area contributed by atoms with Crippen molar-refractivity contribution >= 4 is 46.2 Å². The molecule has 37 heavy (non-hydrogen) atoms. The van der Waals surface area contributed by atoms with E-state index in [0.717, 1.165) is 22.5 Å². The molecule has 8 nitrogen and oxygen atoms in total. The fourth-order valence-corrected chi connectivity index (χ4v) is 4.53. The molecule has 3 aromatic rings. The van der Waals surface area contributed by atoms with E-state index in [9.17, 15) is 27.6 Å². The maximum absolute atomic E-state index is 13.5. The van der Waals surface area contributed by atoms with Crippen LogP contribution in [0.2, 0.25) is 5.02 Å². The van der Waals surface area contributed by atoms with Gasteiger partial charge in [0, 0.05) is 11.7 Å². The van der Waals surface area contributed by atoms with Crippen LogP contribution in [0.5, 0.6) is 0 Å². The second-order valence-corrected chi connectivity index (χ2v) is 9.20. The number of imide groups is 1. The van der Waals surface area contributed by atoms with Gasteiger partial charge in [0.25, 0.3) is 0 Å². The molecule has 3 amide bonds. The van der Waals surface area contributed by atoms with Crippen molar-refractivity contribution in [2.24, 2.45) is 5.92 Å². The number of hydrogen-bond acceptors (Lipinski definition) is 5. The normalized spacial score (nSPS) is 16.7. The Bertz CT molecular complexity index is 1370. The minimum atomic E-state index is -4.72. The summed E-state index contributed by atoms with van der Waals surface area (Å²) in [6.45, 7) is 4.73. The third-order valence-corrected chi connectivity index (χ3v) is 6.55. The number of amides is 3. The number of rotatable bonds is 6. The Morgan fingerprint density at radius 1 is 1.22 bits per heavy atom. The number of anilines is 1. The quantitative estimate of drug-likeness (QED) is 0.309. The maximum Gasteiger partial charge on any atom is 0.417 e. The van der Waals surface area contributed by atoms with Crippen molar-refractivity contribution in [1.82, 2.24) is 14.5 Å². The summed E-state index contributed by atoms with van der Waals surface area (Å²) in [6.07, 6.45) is -3.05. The molecule has 196 valence electrons. The zero-order valence-electron chi connectivity index (χ0n) is 20.3. The summed E-state index contributed by atoms with van der Waals surface area (Å²) in [6, 6.07) is 7.67. The molecule has 1 aliphatic rings. The van der Waals surface area contributed by atoms with Crippen LogP contribution in [0.25, 0.3) is 11.0 Å². The zero-order valence-corrected chi connectivity index (χ0v) is 21.0. The average Bonchev–Trinajstić information content (AvgIpc) is 3.26. The van der Waals surface area contributed by atoms with Gasteiger partial charge in [0.05, 0.1) is 47.6 Å². The molecule has 12 heteroatoms. The first-order chi connectivity index (χ1) is 17.4. The van der Waals surface area contributed by atoms with Crippen molar-refractivity contribution in [2.45, 2.75) is 39.5 Å². The highest BCUT2D eigenvalue weighted by molar-refractivity contribution is 6.32. The lowest BCUT2D eigenvalue weighted by Gasteiger charge is -2.37. The Kier molecular flexibility index (Phi) is 7.18. The third kappa shape index (κ3) is 5.00. The number of urea groups is 1. The number of benzene rings is 2. The number of ether oxygens (including phenoxy) is 1. The molecule has 4 rings (SSSR count). The first kappa shape index (κ1) is 26.5. The van der Waals surface area contributed by atoms with Gasteiger partial charge in [0.2, 0.25) is 5.91 Å². The molecule has 1 unspecified atom stereocenters. The van der Waals surface area contributed by atoms with Gasteiger partial charge in [-0.15, -0.1) is 0 Å². The molecular formula is C25H24ClF3N4O4. The first-order valence-corrected chi connectivity index (χ1v) is 11.9. The lowest BCUT2D eigenvalue weighted by Crippen LogP contribution is -2.58. The molecule has 1 aromatic heterocycles. The third-order valence-electron chi connectivity index (χ3n) is 6.10. The number of fused-ring (bicyclic) bond motifs is 1. The van der Waals surface area contributed by atoms with Gasteiger partial charge in [-0.1, -0.05) is 23.7 Å². The SMILES string of the molecule is CCOC(=O)C1CN(c2ccc3c(c2)ncn3C(C)C)C(=O)N(Cc2cccc(C(F)(F)F)c2Cl)C1=O. The second kappa shape index (κ2) is 10.0. The van der Waals surface area contributed by atoms with Crippen LogP contribution >= 0.6 is 11.6 Å². The topological polar surface area (TPSA) is 84.7 Å². The number of imidazole rings is 1. The number of hydrogen-bond donors (Lipinski definition) is 0. The number of alkyl halides is 3. The van der Waals surface area contributed by atoms with E-state index in [1.54, 1.807) is 31.5 Å². The van der Waals surface area contributed by atoms with Gasteiger partial charge in [-0.05, 0) is 50.6 Å². The number of esters is 1. The molecule has 0 saturated carbocycles. The Morgan fingerprint density at radius 3 is 2.59 bits per heavy atom. The van der Waals surface area contributed by atoms with Crippen molar-refractivity contribution < 1.29 is 32.3 Å². The Balaban J connectivity index is 1.74. The minimum absolute atomic E-state index is 0.00854. The fraction of sp³-hybridized carbons (Fsp3) is 0.360. The van der Waals surface area contributed by atoms with Crippen LogP contribution in [-0.4, -0.2) is 45.5 Å². The highest BCUT2D eigenvalue weighted by atomic mass is 35.5. The van der Waals surface area contributed by atoms with E-state index >= 15 is 0 Å². The smallest absolute Gasteiger partial charge is 0.417 e. The summed E-state index contributed by atoms with van der Waals surface area (Å²) in [4.78, 5) is 45.7. The maximum atomic E-state index is 13.5. The standard InChI is InChI=1S/C25H24ClF3N4O4/c1-4-37-23(35)17-12-31(16-8-9-20-19(10-16)30-13-33(20)14(2)3)24(36)32(22(17)34)11-15-6-5-7-18(21(15)26)25(27,28)29/h5-10,13-14,17H,4,11-12H2,1-3H3. The summed E-state index contributed by atoms with van der Waals surface area (Å²) in [7, 11) is 0. The lowest BCUT2D eigenvalue weighted by atomic mass is 10.0. The molecule has 0 spiro atoms. The van der Waals surface area contributed by atoms with Crippen LogP contribution in [0.4, 0.5) is 23.7 Å². The molecule has 0 N–H and O–H groups in total.